The van der Waals surface area contributed by atoms with Gasteiger partial charge in [-0.1, -0.05) is 12.1 Å². The topological polar surface area (TPSA) is 51.5 Å². The number of ether oxygens (including phenoxy) is 1. The molecule has 0 amide bonds. The molecule has 1 unspecified atom stereocenters. The zero-order valence-electron chi connectivity index (χ0n) is 11.2. The fourth-order valence-corrected chi connectivity index (χ4v) is 2.57. The number of nitrogens with zero attached hydrogens (tertiary/aromatic N) is 1. The van der Waals surface area contributed by atoms with E-state index in [0.717, 1.165) is 29.7 Å². The van der Waals surface area contributed by atoms with Crippen molar-refractivity contribution in [2.75, 3.05) is 6.61 Å². The van der Waals surface area contributed by atoms with Crippen LogP contribution in [0.1, 0.15) is 23.7 Å². The van der Waals surface area contributed by atoms with E-state index in [9.17, 15) is 9.90 Å². The van der Waals surface area contributed by atoms with Gasteiger partial charge in [-0.2, -0.15) is 0 Å². The second-order valence-electron chi connectivity index (χ2n) is 5.00. The van der Waals surface area contributed by atoms with Gasteiger partial charge in [0, 0.05) is 12.3 Å². The van der Waals surface area contributed by atoms with Crippen LogP contribution >= 0.6 is 0 Å². The fraction of sp³-hybridized carbons (Fsp3) is 0.312. The Morgan fingerprint density at radius 2 is 2.20 bits per heavy atom. The van der Waals surface area contributed by atoms with Gasteiger partial charge in [-0.15, -0.1) is 0 Å². The number of aliphatic hydroxyl groups is 1. The largest absolute Gasteiger partial charge is 0.492 e. The van der Waals surface area contributed by atoms with Gasteiger partial charge in [-0.05, 0) is 42.2 Å². The van der Waals surface area contributed by atoms with Crippen LogP contribution in [0.4, 0.5) is 0 Å². The number of aryl methyl sites for hydroxylation is 1. The Morgan fingerprint density at radius 3 is 3.05 bits per heavy atom. The highest BCUT2D eigenvalue weighted by Crippen LogP contribution is 2.33. The molecule has 1 N–H and O–H groups in total. The maximum atomic E-state index is 11.5. The molecule has 2 aromatic rings. The van der Waals surface area contributed by atoms with Crippen LogP contribution in [0.5, 0.6) is 5.75 Å². The van der Waals surface area contributed by atoms with E-state index in [1.54, 1.807) is 16.8 Å². The van der Waals surface area contributed by atoms with Gasteiger partial charge in [0.25, 0.3) is 5.56 Å². The number of aromatic nitrogens is 1. The predicted octanol–water partition coefficient (Wildman–Crippen LogP) is 1.91. The fourth-order valence-electron chi connectivity index (χ4n) is 2.57. The summed E-state index contributed by atoms with van der Waals surface area (Å²) in [4.78, 5) is 11.5. The summed E-state index contributed by atoms with van der Waals surface area (Å²) < 4.78 is 7.31. The molecule has 0 saturated heterocycles. The molecule has 1 atom stereocenters. The van der Waals surface area contributed by atoms with Gasteiger partial charge in [0.2, 0.25) is 0 Å². The number of hydrogen-bond donors (Lipinski definition) is 1. The van der Waals surface area contributed by atoms with Crippen molar-refractivity contribution >= 4 is 0 Å². The summed E-state index contributed by atoms with van der Waals surface area (Å²) in [5.74, 6) is 0.793. The molecule has 1 heterocycles. The molecule has 1 aliphatic rings. The average molecular weight is 271 g/mol. The molecule has 1 aliphatic carbocycles. The highest BCUT2D eigenvalue weighted by molar-refractivity contribution is 5.39. The van der Waals surface area contributed by atoms with Crippen molar-refractivity contribution in [1.82, 2.24) is 4.57 Å². The molecule has 4 nitrogen and oxygen atoms in total. The first-order valence-electron chi connectivity index (χ1n) is 6.83. The number of hydrogen-bond acceptors (Lipinski definition) is 3. The first-order valence-corrected chi connectivity index (χ1v) is 6.83. The molecule has 0 fully saturated rings. The SMILES string of the molecule is O=c1ccccn1CCOc1ccc2c(c1)CCC2O. The lowest BCUT2D eigenvalue weighted by atomic mass is 10.1. The third-order valence-electron chi connectivity index (χ3n) is 3.66. The number of benzene rings is 1. The van der Waals surface area contributed by atoms with Crippen LogP contribution in [0.2, 0.25) is 0 Å². The van der Waals surface area contributed by atoms with E-state index in [2.05, 4.69) is 0 Å². The zero-order chi connectivity index (χ0) is 13.9. The zero-order valence-corrected chi connectivity index (χ0v) is 11.2. The summed E-state index contributed by atoms with van der Waals surface area (Å²) >= 11 is 0. The molecule has 20 heavy (non-hydrogen) atoms. The van der Waals surface area contributed by atoms with Gasteiger partial charge in [0.1, 0.15) is 12.4 Å². The summed E-state index contributed by atoms with van der Waals surface area (Å²) in [5.41, 5.74) is 2.15. The maximum Gasteiger partial charge on any atom is 0.250 e. The Balaban J connectivity index is 1.62. The second kappa shape index (κ2) is 5.51. The van der Waals surface area contributed by atoms with Gasteiger partial charge >= 0.3 is 0 Å². The van der Waals surface area contributed by atoms with Crippen LogP contribution in [0.3, 0.4) is 0 Å². The summed E-state index contributed by atoms with van der Waals surface area (Å²) in [6, 6.07) is 10.9. The summed E-state index contributed by atoms with van der Waals surface area (Å²) in [6.45, 7) is 0.977. The Labute approximate surface area is 117 Å². The quantitative estimate of drug-likeness (QED) is 0.924. The standard InChI is InChI=1S/C16H17NO3/c18-15-7-4-12-11-13(5-6-14(12)15)20-10-9-17-8-2-1-3-16(17)19/h1-3,5-6,8,11,15,18H,4,7,9-10H2. The average Bonchev–Trinajstić information content (AvgIpc) is 2.82. The van der Waals surface area contributed by atoms with Gasteiger partial charge in [-0.25, -0.2) is 0 Å². The summed E-state index contributed by atoms with van der Waals surface area (Å²) in [7, 11) is 0. The van der Waals surface area contributed by atoms with Crippen LogP contribution in [-0.4, -0.2) is 16.3 Å². The van der Waals surface area contributed by atoms with E-state index in [0.29, 0.717) is 13.2 Å². The van der Waals surface area contributed by atoms with Crippen molar-refractivity contribution in [3.63, 3.8) is 0 Å². The predicted molar refractivity (Wildman–Crippen MR) is 75.9 cm³/mol. The lowest BCUT2D eigenvalue weighted by Gasteiger charge is -2.10. The van der Waals surface area contributed by atoms with E-state index < -0.39 is 0 Å². The van der Waals surface area contributed by atoms with Crippen molar-refractivity contribution < 1.29 is 9.84 Å². The normalized spacial score (nSPS) is 16.9. The monoisotopic (exact) mass is 271 g/mol. The third-order valence-corrected chi connectivity index (χ3v) is 3.66. The molecule has 0 spiro atoms. The smallest absolute Gasteiger partial charge is 0.250 e. The minimum Gasteiger partial charge on any atom is -0.492 e. The van der Waals surface area contributed by atoms with Crippen LogP contribution in [0, 0.1) is 0 Å². The summed E-state index contributed by atoms with van der Waals surface area (Å²) in [5, 5.41) is 9.75. The molecule has 3 rings (SSSR count). The van der Waals surface area contributed by atoms with Crippen LogP contribution in [0.25, 0.3) is 0 Å². The van der Waals surface area contributed by atoms with Gasteiger partial charge in [-0.3, -0.25) is 4.79 Å². The molecular formula is C16H17NO3. The molecule has 0 bridgehead atoms. The Hall–Kier alpha value is -2.07. The molecule has 1 aromatic heterocycles. The van der Waals surface area contributed by atoms with Crippen molar-refractivity contribution in [1.29, 1.82) is 0 Å². The molecule has 1 aromatic carbocycles. The van der Waals surface area contributed by atoms with E-state index in [4.69, 9.17) is 4.74 Å². The van der Waals surface area contributed by atoms with Crippen molar-refractivity contribution in [2.24, 2.45) is 0 Å². The van der Waals surface area contributed by atoms with Crippen LogP contribution in [-0.2, 0) is 13.0 Å². The van der Waals surface area contributed by atoms with E-state index in [-0.39, 0.29) is 11.7 Å². The minimum absolute atomic E-state index is 0.0202. The van der Waals surface area contributed by atoms with E-state index in [1.165, 1.54) is 6.07 Å². The van der Waals surface area contributed by atoms with Gasteiger partial charge in [0.05, 0.1) is 12.6 Å². The maximum absolute atomic E-state index is 11.5. The highest BCUT2D eigenvalue weighted by Gasteiger charge is 2.20. The Bertz CT molecular complexity index is 663. The Kier molecular flexibility index (Phi) is 3.56. The van der Waals surface area contributed by atoms with Crippen LogP contribution in [0.15, 0.2) is 47.4 Å². The minimum atomic E-state index is -0.332. The highest BCUT2D eigenvalue weighted by atomic mass is 16.5. The third kappa shape index (κ3) is 2.60. The molecule has 4 heteroatoms. The molecule has 0 aliphatic heterocycles. The Morgan fingerprint density at radius 1 is 1.30 bits per heavy atom. The van der Waals surface area contributed by atoms with Crippen LogP contribution < -0.4 is 10.3 Å². The number of pyridine rings is 1. The second-order valence-corrected chi connectivity index (χ2v) is 5.00. The number of aliphatic hydroxyl groups excluding tert-OH is 1. The first kappa shape index (κ1) is 12.9. The molecule has 104 valence electrons. The summed E-state index contributed by atoms with van der Waals surface area (Å²) in [6.07, 6.45) is 3.11. The molecule has 0 saturated carbocycles. The van der Waals surface area contributed by atoms with Crippen molar-refractivity contribution in [3.8, 4) is 5.75 Å². The first-order chi connectivity index (χ1) is 9.74. The van der Waals surface area contributed by atoms with Gasteiger partial charge < -0.3 is 14.4 Å². The lowest BCUT2D eigenvalue weighted by molar-refractivity contribution is 0.180. The van der Waals surface area contributed by atoms with E-state index in [1.807, 2.05) is 24.3 Å². The number of rotatable bonds is 4. The molecule has 0 radical (unpaired) electrons. The van der Waals surface area contributed by atoms with Crippen molar-refractivity contribution in [3.05, 3.63) is 64.1 Å². The van der Waals surface area contributed by atoms with Crippen molar-refractivity contribution in [2.45, 2.75) is 25.5 Å². The lowest BCUT2D eigenvalue weighted by Crippen LogP contribution is -2.21. The van der Waals surface area contributed by atoms with E-state index >= 15 is 0 Å². The molecular weight excluding hydrogens is 254 g/mol. The van der Waals surface area contributed by atoms with Gasteiger partial charge in [0.15, 0.2) is 0 Å². The number of fused-ring (bicyclic) bond motifs is 1.